The molecule has 20 heavy (non-hydrogen) atoms. The number of aliphatic hydroxyl groups is 1. The van der Waals surface area contributed by atoms with Crippen LogP contribution in [0.2, 0.25) is 0 Å². The van der Waals surface area contributed by atoms with E-state index in [-0.39, 0.29) is 24.0 Å². The highest BCUT2D eigenvalue weighted by Gasteiger charge is 2.26. The minimum Gasteiger partial charge on any atom is -0.396 e. The zero-order valence-electron chi connectivity index (χ0n) is 12.1. The Morgan fingerprint density at radius 1 is 1.45 bits per heavy atom. The number of fused-ring (bicyclic) bond motifs is 1. The van der Waals surface area contributed by atoms with Gasteiger partial charge in [-0.05, 0) is 24.0 Å². The molecule has 1 amide bonds. The number of carbonyl (C=O) groups is 1. The zero-order valence-corrected chi connectivity index (χ0v) is 12.1. The molecule has 0 aliphatic carbocycles. The molecule has 108 valence electrons. The highest BCUT2D eigenvalue weighted by molar-refractivity contribution is 6.00. The quantitative estimate of drug-likeness (QED) is 0.895. The Balaban J connectivity index is 2.23. The lowest BCUT2D eigenvalue weighted by Gasteiger charge is -2.31. The highest BCUT2D eigenvalue weighted by atomic mass is 16.3. The number of hydrogen-bond donors (Lipinski definition) is 2. The van der Waals surface area contributed by atoms with E-state index in [2.05, 4.69) is 10.4 Å². The number of aliphatic hydroxyl groups excluding tert-OH is 1. The van der Waals surface area contributed by atoms with E-state index in [1.54, 1.807) is 16.9 Å². The summed E-state index contributed by atoms with van der Waals surface area (Å²) in [5.74, 6) is -0.153. The van der Waals surface area contributed by atoms with Gasteiger partial charge in [0, 0.05) is 18.8 Å². The molecule has 2 aromatic rings. The zero-order chi connectivity index (χ0) is 14.8. The summed E-state index contributed by atoms with van der Waals surface area (Å²) in [5.41, 5.74) is 1.22. The van der Waals surface area contributed by atoms with Crippen molar-refractivity contribution in [3.8, 4) is 0 Å². The minimum atomic E-state index is -0.153. The van der Waals surface area contributed by atoms with Gasteiger partial charge in [-0.2, -0.15) is 5.10 Å². The Labute approximate surface area is 118 Å². The van der Waals surface area contributed by atoms with Crippen molar-refractivity contribution in [1.82, 2.24) is 14.9 Å². The molecule has 2 N–H and O–H groups in total. The first-order valence-corrected chi connectivity index (χ1v) is 6.77. The van der Waals surface area contributed by atoms with Gasteiger partial charge in [0.15, 0.2) is 0 Å². The maximum Gasteiger partial charge on any atom is 0.255 e. The minimum absolute atomic E-state index is 0.0526. The maximum absolute atomic E-state index is 12.4. The van der Waals surface area contributed by atoms with E-state index in [1.165, 1.54) is 0 Å². The molecule has 0 aliphatic rings. The third-order valence-electron chi connectivity index (χ3n) is 3.44. The van der Waals surface area contributed by atoms with Crippen molar-refractivity contribution < 1.29 is 9.90 Å². The molecule has 0 bridgehead atoms. The van der Waals surface area contributed by atoms with Gasteiger partial charge in [-0.25, -0.2) is 4.52 Å². The number of nitrogens with one attached hydrogen (secondary N) is 1. The van der Waals surface area contributed by atoms with Crippen molar-refractivity contribution in [2.75, 3.05) is 6.61 Å². The Kier molecular flexibility index (Phi) is 4.09. The molecule has 0 saturated heterocycles. The van der Waals surface area contributed by atoms with Crippen LogP contribution in [0.5, 0.6) is 0 Å². The SMILES string of the molecule is CC(C)(C)C(CCO)NC(=O)c1cnn2ccccc12. The van der Waals surface area contributed by atoms with E-state index < -0.39 is 0 Å². The molecule has 5 nitrogen and oxygen atoms in total. The molecule has 0 aromatic carbocycles. The molecule has 0 saturated carbocycles. The van der Waals surface area contributed by atoms with E-state index in [0.29, 0.717) is 12.0 Å². The van der Waals surface area contributed by atoms with Gasteiger partial charge in [-0.3, -0.25) is 4.79 Å². The van der Waals surface area contributed by atoms with Gasteiger partial charge < -0.3 is 10.4 Å². The molecule has 0 radical (unpaired) electrons. The van der Waals surface area contributed by atoms with Crippen molar-refractivity contribution >= 4 is 11.4 Å². The molecule has 2 rings (SSSR count). The van der Waals surface area contributed by atoms with Crippen molar-refractivity contribution in [2.45, 2.75) is 33.2 Å². The van der Waals surface area contributed by atoms with Gasteiger partial charge in [-0.15, -0.1) is 0 Å². The molecule has 1 unspecified atom stereocenters. The van der Waals surface area contributed by atoms with Gasteiger partial charge in [-0.1, -0.05) is 26.8 Å². The normalized spacial score (nSPS) is 13.4. The Hall–Kier alpha value is -1.88. The molecule has 0 fully saturated rings. The first kappa shape index (κ1) is 14.5. The summed E-state index contributed by atoms with van der Waals surface area (Å²) in [6.07, 6.45) is 3.92. The number of hydrogen-bond acceptors (Lipinski definition) is 3. The van der Waals surface area contributed by atoms with E-state index in [1.807, 2.05) is 39.0 Å². The Morgan fingerprint density at radius 2 is 2.20 bits per heavy atom. The molecule has 0 spiro atoms. The summed E-state index contributed by atoms with van der Waals surface area (Å²) in [4.78, 5) is 12.4. The van der Waals surface area contributed by atoms with Crippen molar-refractivity contribution in [2.24, 2.45) is 5.41 Å². The lowest BCUT2D eigenvalue weighted by Crippen LogP contribution is -2.44. The molecular weight excluding hydrogens is 254 g/mol. The number of rotatable bonds is 4. The van der Waals surface area contributed by atoms with Crippen LogP contribution < -0.4 is 5.32 Å². The van der Waals surface area contributed by atoms with Crippen LogP contribution in [-0.2, 0) is 0 Å². The molecule has 2 heterocycles. The molecule has 0 aliphatic heterocycles. The van der Waals surface area contributed by atoms with Crippen LogP contribution in [0.25, 0.3) is 5.52 Å². The second-order valence-corrected chi connectivity index (χ2v) is 5.99. The first-order chi connectivity index (χ1) is 9.43. The summed E-state index contributed by atoms with van der Waals surface area (Å²) in [7, 11) is 0. The Bertz CT molecular complexity index is 598. The average molecular weight is 275 g/mol. The lowest BCUT2D eigenvalue weighted by atomic mass is 9.85. The van der Waals surface area contributed by atoms with Gasteiger partial charge in [0.2, 0.25) is 0 Å². The van der Waals surface area contributed by atoms with Gasteiger partial charge in [0.25, 0.3) is 5.91 Å². The predicted molar refractivity (Wildman–Crippen MR) is 77.6 cm³/mol. The van der Waals surface area contributed by atoms with Crippen LogP contribution in [0.1, 0.15) is 37.6 Å². The van der Waals surface area contributed by atoms with Gasteiger partial charge >= 0.3 is 0 Å². The topological polar surface area (TPSA) is 66.6 Å². The first-order valence-electron chi connectivity index (χ1n) is 6.77. The van der Waals surface area contributed by atoms with Crippen molar-refractivity contribution in [3.05, 3.63) is 36.2 Å². The van der Waals surface area contributed by atoms with E-state index >= 15 is 0 Å². The molecule has 1 atom stereocenters. The van der Waals surface area contributed by atoms with Crippen LogP contribution in [0.15, 0.2) is 30.6 Å². The lowest BCUT2D eigenvalue weighted by molar-refractivity contribution is 0.0887. The van der Waals surface area contributed by atoms with Crippen LogP contribution in [0.4, 0.5) is 0 Å². The number of carbonyl (C=O) groups excluding carboxylic acids is 1. The fourth-order valence-electron chi connectivity index (χ4n) is 2.20. The van der Waals surface area contributed by atoms with Crippen molar-refractivity contribution in [3.63, 3.8) is 0 Å². The summed E-state index contributed by atoms with van der Waals surface area (Å²) in [5, 5.41) is 16.3. The van der Waals surface area contributed by atoms with Crippen molar-refractivity contribution in [1.29, 1.82) is 0 Å². The molecular formula is C15H21N3O2. The van der Waals surface area contributed by atoms with Crippen LogP contribution in [0.3, 0.4) is 0 Å². The standard InChI is InChI=1S/C15H21N3O2/c1-15(2,3)13(7-9-19)17-14(20)11-10-16-18-8-5-4-6-12(11)18/h4-6,8,10,13,19H,7,9H2,1-3H3,(H,17,20). The van der Waals surface area contributed by atoms with E-state index in [4.69, 9.17) is 5.11 Å². The monoisotopic (exact) mass is 275 g/mol. The van der Waals surface area contributed by atoms with Gasteiger partial charge in [0.05, 0.1) is 17.3 Å². The van der Waals surface area contributed by atoms with E-state index in [0.717, 1.165) is 5.52 Å². The molecule has 5 heteroatoms. The van der Waals surface area contributed by atoms with E-state index in [9.17, 15) is 4.79 Å². The number of aromatic nitrogens is 2. The summed E-state index contributed by atoms with van der Waals surface area (Å²) < 4.78 is 1.67. The maximum atomic E-state index is 12.4. The average Bonchev–Trinajstić information content (AvgIpc) is 2.81. The Morgan fingerprint density at radius 3 is 2.85 bits per heavy atom. The number of nitrogens with zero attached hydrogens (tertiary/aromatic N) is 2. The van der Waals surface area contributed by atoms with Crippen LogP contribution in [-0.4, -0.2) is 33.3 Å². The van der Waals surface area contributed by atoms with Gasteiger partial charge in [0.1, 0.15) is 0 Å². The smallest absolute Gasteiger partial charge is 0.255 e. The van der Waals surface area contributed by atoms with Crippen LogP contribution >= 0.6 is 0 Å². The summed E-state index contributed by atoms with van der Waals surface area (Å²) in [6, 6.07) is 5.52. The second kappa shape index (κ2) is 5.63. The number of amides is 1. The predicted octanol–water partition coefficient (Wildman–Crippen LogP) is 1.86. The fraction of sp³-hybridized carbons (Fsp3) is 0.467. The summed E-state index contributed by atoms with van der Waals surface area (Å²) in [6.45, 7) is 6.19. The second-order valence-electron chi connectivity index (χ2n) is 5.99. The fourth-order valence-corrected chi connectivity index (χ4v) is 2.20. The third kappa shape index (κ3) is 2.99. The molecule has 2 aromatic heterocycles. The van der Waals surface area contributed by atoms with Crippen LogP contribution in [0, 0.1) is 5.41 Å². The summed E-state index contributed by atoms with van der Waals surface area (Å²) >= 11 is 0. The highest BCUT2D eigenvalue weighted by Crippen LogP contribution is 2.22. The third-order valence-corrected chi connectivity index (χ3v) is 3.44. The largest absolute Gasteiger partial charge is 0.396 e. The number of pyridine rings is 1.